The molecule has 8 heteroatoms. The summed E-state index contributed by atoms with van der Waals surface area (Å²) in [6, 6.07) is 7.88. The molecule has 0 bridgehead atoms. The topological polar surface area (TPSA) is 92.4 Å². The van der Waals surface area contributed by atoms with Gasteiger partial charge in [-0.25, -0.2) is 4.98 Å². The first-order valence-corrected chi connectivity index (χ1v) is 9.91. The van der Waals surface area contributed by atoms with E-state index in [9.17, 15) is 9.59 Å². The van der Waals surface area contributed by atoms with E-state index in [1.165, 1.54) is 23.8 Å². The Hall–Kier alpha value is -2.29. The van der Waals surface area contributed by atoms with Crippen LogP contribution in [0.15, 0.2) is 29.6 Å². The highest BCUT2D eigenvalue weighted by Gasteiger charge is 2.22. The van der Waals surface area contributed by atoms with Crippen molar-refractivity contribution in [3.8, 4) is 11.3 Å². The average molecular weight is 388 g/mol. The summed E-state index contributed by atoms with van der Waals surface area (Å²) >= 11 is 1.41. The van der Waals surface area contributed by atoms with Gasteiger partial charge in [0.2, 0.25) is 11.8 Å². The lowest BCUT2D eigenvalue weighted by atomic mass is 10.1. The van der Waals surface area contributed by atoms with Gasteiger partial charge in [0.1, 0.15) is 6.04 Å². The summed E-state index contributed by atoms with van der Waals surface area (Å²) in [7, 11) is 0. The number of carbonyl (C=O) groups is 2. The molecule has 1 aromatic heterocycles. The van der Waals surface area contributed by atoms with Crippen molar-refractivity contribution in [1.29, 1.82) is 0 Å². The van der Waals surface area contributed by atoms with Gasteiger partial charge in [-0.15, -0.1) is 11.3 Å². The molecule has 1 aromatic carbocycles. The zero-order valence-corrected chi connectivity index (χ0v) is 16.1. The lowest BCUT2D eigenvalue weighted by Gasteiger charge is -2.22. The zero-order valence-electron chi connectivity index (χ0n) is 15.3. The lowest BCUT2D eigenvalue weighted by molar-refractivity contribution is -0.121. The van der Waals surface area contributed by atoms with Gasteiger partial charge in [-0.2, -0.15) is 0 Å². The van der Waals surface area contributed by atoms with Crippen LogP contribution in [0.4, 0.5) is 5.13 Å². The molecule has 27 heavy (non-hydrogen) atoms. The number of ether oxygens (including phenoxy) is 1. The molecule has 7 nitrogen and oxygen atoms in total. The SMILES string of the molecule is CC(=O)NCCCc1ccc(-c2csc(NC(=O)C3COCCN3)n2)cc1. The maximum Gasteiger partial charge on any atom is 0.245 e. The van der Waals surface area contributed by atoms with E-state index >= 15 is 0 Å². The van der Waals surface area contributed by atoms with Gasteiger partial charge in [-0.1, -0.05) is 24.3 Å². The van der Waals surface area contributed by atoms with E-state index in [4.69, 9.17) is 4.74 Å². The largest absolute Gasteiger partial charge is 0.378 e. The molecule has 1 unspecified atom stereocenters. The van der Waals surface area contributed by atoms with E-state index in [0.717, 1.165) is 24.1 Å². The third-order valence-electron chi connectivity index (χ3n) is 4.24. The number of aryl methyl sites for hydroxylation is 1. The summed E-state index contributed by atoms with van der Waals surface area (Å²) in [6.45, 7) is 3.91. The van der Waals surface area contributed by atoms with Crippen LogP contribution in [-0.4, -0.2) is 49.1 Å². The first kappa shape index (κ1) is 19.5. The van der Waals surface area contributed by atoms with Crippen LogP contribution in [0, 0.1) is 0 Å². The molecule has 2 amide bonds. The molecule has 2 aromatic rings. The Morgan fingerprint density at radius 1 is 1.33 bits per heavy atom. The van der Waals surface area contributed by atoms with Gasteiger partial charge in [-0.05, 0) is 18.4 Å². The van der Waals surface area contributed by atoms with Crippen LogP contribution in [0.1, 0.15) is 18.9 Å². The predicted octanol–water partition coefficient (Wildman–Crippen LogP) is 1.81. The Morgan fingerprint density at radius 2 is 2.15 bits per heavy atom. The fourth-order valence-corrected chi connectivity index (χ4v) is 3.51. The summed E-state index contributed by atoms with van der Waals surface area (Å²) in [5.41, 5.74) is 3.07. The van der Waals surface area contributed by atoms with Gasteiger partial charge >= 0.3 is 0 Å². The monoisotopic (exact) mass is 388 g/mol. The number of aromatic nitrogens is 1. The number of nitrogens with zero attached hydrogens (tertiary/aromatic N) is 1. The minimum absolute atomic E-state index is 0.00330. The van der Waals surface area contributed by atoms with E-state index in [-0.39, 0.29) is 17.9 Å². The molecule has 1 saturated heterocycles. The van der Waals surface area contributed by atoms with Crippen LogP contribution >= 0.6 is 11.3 Å². The molecular formula is C19H24N4O3S. The lowest BCUT2D eigenvalue weighted by Crippen LogP contribution is -2.48. The number of hydrogen-bond donors (Lipinski definition) is 3. The number of morpholine rings is 1. The highest BCUT2D eigenvalue weighted by molar-refractivity contribution is 7.14. The van der Waals surface area contributed by atoms with Crippen LogP contribution in [0.25, 0.3) is 11.3 Å². The third-order valence-corrected chi connectivity index (χ3v) is 5.00. The molecule has 1 aliphatic heterocycles. The van der Waals surface area contributed by atoms with Crippen molar-refractivity contribution in [2.24, 2.45) is 0 Å². The molecule has 1 aliphatic rings. The quantitative estimate of drug-likeness (QED) is 0.629. The molecule has 1 atom stereocenters. The Morgan fingerprint density at radius 3 is 2.85 bits per heavy atom. The van der Waals surface area contributed by atoms with E-state index in [1.807, 2.05) is 17.5 Å². The van der Waals surface area contributed by atoms with E-state index < -0.39 is 0 Å². The van der Waals surface area contributed by atoms with Gasteiger partial charge in [-0.3, -0.25) is 9.59 Å². The van der Waals surface area contributed by atoms with Crippen molar-refractivity contribution in [3.05, 3.63) is 35.2 Å². The third kappa shape index (κ3) is 5.85. The number of amides is 2. The second-order valence-electron chi connectivity index (χ2n) is 6.39. The zero-order chi connectivity index (χ0) is 19.1. The molecule has 0 aliphatic carbocycles. The maximum atomic E-state index is 12.2. The van der Waals surface area contributed by atoms with Crippen LogP contribution in [0.2, 0.25) is 0 Å². The standard InChI is InChI=1S/C19H24N4O3S/c1-13(24)20-8-2-3-14-4-6-15(7-5-14)17-12-27-19(22-17)23-18(25)16-11-26-10-9-21-16/h4-7,12,16,21H,2-3,8-11H2,1H3,(H,20,24)(H,22,23,25). The smallest absolute Gasteiger partial charge is 0.245 e. The summed E-state index contributed by atoms with van der Waals surface area (Å²) in [5.74, 6) is -0.117. The second-order valence-corrected chi connectivity index (χ2v) is 7.25. The molecular weight excluding hydrogens is 364 g/mol. The summed E-state index contributed by atoms with van der Waals surface area (Å²) in [6.07, 6.45) is 1.82. The molecule has 3 N–H and O–H groups in total. The number of hydrogen-bond acceptors (Lipinski definition) is 6. The minimum atomic E-state index is -0.331. The Labute approximate surface area is 162 Å². The van der Waals surface area contributed by atoms with E-state index in [0.29, 0.717) is 31.4 Å². The Bertz CT molecular complexity index is 770. The van der Waals surface area contributed by atoms with Crippen LogP contribution in [0.5, 0.6) is 0 Å². The maximum absolute atomic E-state index is 12.2. The molecule has 0 radical (unpaired) electrons. The van der Waals surface area contributed by atoms with Crippen molar-refractivity contribution in [1.82, 2.24) is 15.6 Å². The van der Waals surface area contributed by atoms with E-state index in [2.05, 4.69) is 33.1 Å². The number of nitrogens with one attached hydrogen (secondary N) is 3. The van der Waals surface area contributed by atoms with Gasteiger partial charge in [0, 0.05) is 31.0 Å². The highest BCUT2D eigenvalue weighted by atomic mass is 32.1. The number of benzene rings is 1. The van der Waals surface area contributed by atoms with Gasteiger partial charge in [0.15, 0.2) is 5.13 Å². The van der Waals surface area contributed by atoms with Crippen LogP contribution in [-0.2, 0) is 20.7 Å². The first-order valence-electron chi connectivity index (χ1n) is 9.03. The number of rotatable bonds is 7. The van der Waals surface area contributed by atoms with Gasteiger partial charge in [0.25, 0.3) is 0 Å². The fraction of sp³-hybridized carbons (Fsp3) is 0.421. The molecule has 3 rings (SSSR count). The number of carbonyl (C=O) groups excluding carboxylic acids is 2. The minimum Gasteiger partial charge on any atom is -0.378 e. The Balaban J connectivity index is 1.52. The molecule has 0 saturated carbocycles. The van der Waals surface area contributed by atoms with Gasteiger partial charge < -0.3 is 20.7 Å². The van der Waals surface area contributed by atoms with Crippen molar-refractivity contribution in [2.75, 3.05) is 31.6 Å². The van der Waals surface area contributed by atoms with Crippen molar-refractivity contribution in [3.63, 3.8) is 0 Å². The van der Waals surface area contributed by atoms with Crippen molar-refractivity contribution < 1.29 is 14.3 Å². The normalized spacial score (nSPS) is 16.7. The second kappa shape index (κ2) is 9.59. The molecule has 144 valence electrons. The van der Waals surface area contributed by atoms with Crippen molar-refractivity contribution in [2.45, 2.75) is 25.8 Å². The Kier molecular flexibility index (Phi) is 6.92. The summed E-state index contributed by atoms with van der Waals surface area (Å²) in [4.78, 5) is 27.6. The highest BCUT2D eigenvalue weighted by Crippen LogP contribution is 2.25. The first-order chi connectivity index (χ1) is 13.1. The van der Waals surface area contributed by atoms with Gasteiger partial charge in [0.05, 0.1) is 18.9 Å². The summed E-state index contributed by atoms with van der Waals surface area (Å²) in [5, 5.41) is 11.3. The van der Waals surface area contributed by atoms with Crippen LogP contribution < -0.4 is 16.0 Å². The fourth-order valence-electron chi connectivity index (χ4n) is 2.79. The predicted molar refractivity (Wildman–Crippen MR) is 106 cm³/mol. The average Bonchev–Trinajstić information content (AvgIpc) is 3.15. The summed E-state index contributed by atoms with van der Waals surface area (Å²) < 4.78 is 5.31. The molecule has 2 heterocycles. The molecule has 1 fully saturated rings. The van der Waals surface area contributed by atoms with Crippen molar-refractivity contribution >= 4 is 28.3 Å². The molecule has 0 spiro atoms. The van der Waals surface area contributed by atoms with E-state index in [1.54, 1.807) is 0 Å². The van der Waals surface area contributed by atoms with Crippen LogP contribution in [0.3, 0.4) is 0 Å². The number of thiazole rings is 1. The number of anilines is 1.